The van der Waals surface area contributed by atoms with E-state index in [1.807, 2.05) is 0 Å². The van der Waals surface area contributed by atoms with Crippen molar-refractivity contribution in [3.05, 3.63) is 29.3 Å². The highest BCUT2D eigenvalue weighted by molar-refractivity contribution is 5.37. The molecule has 4 N–H and O–H groups in total. The molecule has 1 atom stereocenters. The molecule has 0 heterocycles. The molecule has 3 heteroatoms. The molecule has 1 unspecified atom stereocenters. The summed E-state index contributed by atoms with van der Waals surface area (Å²) in [7, 11) is 0. The Hall–Kier alpha value is -1.06. The molecule has 0 fully saturated rings. The third-order valence-corrected chi connectivity index (χ3v) is 3.85. The fourth-order valence-electron chi connectivity index (χ4n) is 2.59. The third-order valence-electron chi connectivity index (χ3n) is 3.85. The molecule has 3 nitrogen and oxygen atoms in total. The number of aryl methyl sites for hydroxylation is 1. The van der Waals surface area contributed by atoms with Gasteiger partial charge in [-0.15, -0.1) is 0 Å². The van der Waals surface area contributed by atoms with Crippen molar-refractivity contribution in [2.45, 2.75) is 46.0 Å². The van der Waals surface area contributed by atoms with E-state index in [1.165, 1.54) is 11.1 Å². The Labute approximate surface area is 123 Å². The lowest BCUT2D eigenvalue weighted by molar-refractivity contribution is 0.317. The zero-order valence-corrected chi connectivity index (χ0v) is 13.2. The van der Waals surface area contributed by atoms with Crippen molar-refractivity contribution in [1.82, 2.24) is 0 Å². The molecule has 0 saturated heterocycles. The summed E-state index contributed by atoms with van der Waals surface area (Å²) in [5.74, 6) is 1.88. The van der Waals surface area contributed by atoms with Crippen molar-refractivity contribution in [2.75, 3.05) is 19.7 Å². The average molecular weight is 278 g/mol. The van der Waals surface area contributed by atoms with E-state index in [4.69, 9.17) is 16.2 Å². The van der Waals surface area contributed by atoms with Gasteiger partial charge >= 0.3 is 0 Å². The SMILES string of the molecule is CCCOc1ccc(C(C)CC(CN)CN)c(CC)c1. The second kappa shape index (κ2) is 8.98. The predicted octanol–water partition coefficient (Wildman–Crippen LogP) is 3.07. The van der Waals surface area contributed by atoms with Crippen LogP contribution in [0.25, 0.3) is 0 Å². The van der Waals surface area contributed by atoms with Gasteiger partial charge in [0, 0.05) is 0 Å². The van der Waals surface area contributed by atoms with Crippen molar-refractivity contribution in [3.8, 4) is 5.75 Å². The largest absolute Gasteiger partial charge is 0.494 e. The normalized spacial score (nSPS) is 12.7. The lowest BCUT2D eigenvalue weighted by Crippen LogP contribution is -2.24. The van der Waals surface area contributed by atoms with Crippen LogP contribution in [0.3, 0.4) is 0 Å². The molecule has 0 aliphatic rings. The number of hydrogen-bond acceptors (Lipinski definition) is 3. The number of benzene rings is 1. The van der Waals surface area contributed by atoms with E-state index in [9.17, 15) is 0 Å². The van der Waals surface area contributed by atoms with Crippen LogP contribution in [0.15, 0.2) is 18.2 Å². The van der Waals surface area contributed by atoms with E-state index in [0.29, 0.717) is 24.9 Å². The molecule has 0 amide bonds. The Balaban J connectivity index is 2.82. The number of nitrogens with two attached hydrogens (primary N) is 2. The Bertz CT molecular complexity index is 389. The van der Waals surface area contributed by atoms with Crippen LogP contribution in [0, 0.1) is 5.92 Å². The Morgan fingerprint density at radius 2 is 1.85 bits per heavy atom. The zero-order valence-electron chi connectivity index (χ0n) is 13.2. The highest BCUT2D eigenvalue weighted by Gasteiger charge is 2.15. The van der Waals surface area contributed by atoms with E-state index in [0.717, 1.165) is 31.6 Å². The van der Waals surface area contributed by atoms with Crippen LogP contribution in [0.1, 0.15) is 50.7 Å². The van der Waals surface area contributed by atoms with Gasteiger partial charge in [0.05, 0.1) is 6.61 Å². The molecule has 1 aromatic rings. The molecular formula is C17H30N2O. The van der Waals surface area contributed by atoms with Gasteiger partial charge in [0.1, 0.15) is 5.75 Å². The standard InChI is InChI=1S/C17H30N2O/c1-4-8-20-16-6-7-17(15(5-2)10-16)13(3)9-14(11-18)12-19/h6-7,10,13-14H,4-5,8-9,11-12,18-19H2,1-3H3. The lowest BCUT2D eigenvalue weighted by atomic mass is 9.87. The summed E-state index contributed by atoms with van der Waals surface area (Å²) in [6.45, 7) is 8.69. The van der Waals surface area contributed by atoms with Crippen LogP contribution >= 0.6 is 0 Å². The van der Waals surface area contributed by atoms with E-state index >= 15 is 0 Å². The minimum atomic E-state index is 0.408. The predicted molar refractivity (Wildman–Crippen MR) is 86.2 cm³/mol. The van der Waals surface area contributed by atoms with Crippen molar-refractivity contribution in [3.63, 3.8) is 0 Å². The summed E-state index contributed by atoms with van der Waals surface area (Å²) in [6.07, 6.45) is 3.11. The first-order valence-corrected chi connectivity index (χ1v) is 7.81. The Kier molecular flexibility index (Phi) is 7.63. The van der Waals surface area contributed by atoms with Gasteiger partial charge in [-0.3, -0.25) is 0 Å². The van der Waals surface area contributed by atoms with Crippen LogP contribution in [0.4, 0.5) is 0 Å². The molecule has 20 heavy (non-hydrogen) atoms. The van der Waals surface area contributed by atoms with E-state index < -0.39 is 0 Å². The van der Waals surface area contributed by atoms with Gasteiger partial charge in [0.25, 0.3) is 0 Å². The van der Waals surface area contributed by atoms with Gasteiger partial charge in [-0.1, -0.05) is 26.8 Å². The van der Waals surface area contributed by atoms with Crippen LogP contribution in [0.5, 0.6) is 5.75 Å². The molecule has 0 spiro atoms. The summed E-state index contributed by atoms with van der Waals surface area (Å²) in [4.78, 5) is 0. The van der Waals surface area contributed by atoms with Crippen LogP contribution in [-0.4, -0.2) is 19.7 Å². The minimum Gasteiger partial charge on any atom is -0.494 e. The molecule has 1 aromatic carbocycles. The second-order valence-corrected chi connectivity index (χ2v) is 5.54. The minimum absolute atomic E-state index is 0.408. The molecule has 0 aromatic heterocycles. The first-order valence-electron chi connectivity index (χ1n) is 7.81. The summed E-state index contributed by atoms with van der Waals surface area (Å²) in [5.41, 5.74) is 14.3. The van der Waals surface area contributed by atoms with Gasteiger partial charge < -0.3 is 16.2 Å². The summed E-state index contributed by atoms with van der Waals surface area (Å²) in [6, 6.07) is 6.47. The van der Waals surface area contributed by atoms with Gasteiger partial charge in [0.15, 0.2) is 0 Å². The molecular weight excluding hydrogens is 248 g/mol. The summed E-state index contributed by atoms with van der Waals surface area (Å²) >= 11 is 0. The lowest BCUT2D eigenvalue weighted by Gasteiger charge is -2.21. The summed E-state index contributed by atoms with van der Waals surface area (Å²) in [5, 5.41) is 0. The smallest absolute Gasteiger partial charge is 0.119 e. The number of ether oxygens (including phenoxy) is 1. The highest BCUT2D eigenvalue weighted by Crippen LogP contribution is 2.29. The monoisotopic (exact) mass is 278 g/mol. The molecule has 114 valence electrons. The van der Waals surface area contributed by atoms with Gasteiger partial charge in [-0.2, -0.15) is 0 Å². The van der Waals surface area contributed by atoms with Gasteiger partial charge in [-0.05, 0) is 67.4 Å². The molecule has 1 rings (SSSR count). The first kappa shape index (κ1) is 17.0. The molecule has 0 aliphatic carbocycles. The maximum absolute atomic E-state index is 5.76. The quantitative estimate of drug-likeness (QED) is 0.730. The Morgan fingerprint density at radius 3 is 2.40 bits per heavy atom. The second-order valence-electron chi connectivity index (χ2n) is 5.54. The maximum Gasteiger partial charge on any atom is 0.119 e. The molecule has 0 bridgehead atoms. The summed E-state index contributed by atoms with van der Waals surface area (Å²) < 4.78 is 5.72. The molecule has 0 saturated carbocycles. The average Bonchev–Trinajstić information content (AvgIpc) is 2.49. The van der Waals surface area contributed by atoms with Crippen LogP contribution in [-0.2, 0) is 6.42 Å². The Morgan fingerprint density at radius 1 is 1.15 bits per heavy atom. The molecule has 0 aliphatic heterocycles. The third kappa shape index (κ3) is 4.80. The van der Waals surface area contributed by atoms with E-state index in [2.05, 4.69) is 39.0 Å². The van der Waals surface area contributed by atoms with E-state index in [1.54, 1.807) is 0 Å². The van der Waals surface area contributed by atoms with E-state index in [-0.39, 0.29) is 0 Å². The number of hydrogen-bond donors (Lipinski definition) is 2. The van der Waals surface area contributed by atoms with Crippen LogP contribution in [0.2, 0.25) is 0 Å². The molecule has 0 radical (unpaired) electrons. The van der Waals surface area contributed by atoms with Crippen LogP contribution < -0.4 is 16.2 Å². The van der Waals surface area contributed by atoms with Crippen molar-refractivity contribution in [1.29, 1.82) is 0 Å². The van der Waals surface area contributed by atoms with Crippen molar-refractivity contribution >= 4 is 0 Å². The van der Waals surface area contributed by atoms with Crippen molar-refractivity contribution < 1.29 is 4.74 Å². The topological polar surface area (TPSA) is 61.3 Å². The van der Waals surface area contributed by atoms with Crippen molar-refractivity contribution in [2.24, 2.45) is 17.4 Å². The van der Waals surface area contributed by atoms with Gasteiger partial charge in [0.2, 0.25) is 0 Å². The van der Waals surface area contributed by atoms with Gasteiger partial charge in [-0.25, -0.2) is 0 Å². The fourth-order valence-corrected chi connectivity index (χ4v) is 2.59. The maximum atomic E-state index is 5.76. The highest BCUT2D eigenvalue weighted by atomic mass is 16.5. The first-order chi connectivity index (χ1) is 9.65. The number of rotatable bonds is 9. The zero-order chi connectivity index (χ0) is 15.0. The fraction of sp³-hybridized carbons (Fsp3) is 0.647.